The minimum absolute atomic E-state index is 0.496. The predicted molar refractivity (Wildman–Crippen MR) is 78.0 cm³/mol. The molecule has 20 heavy (non-hydrogen) atoms. The second kappa shape index (κ2) is 4.37. The highest BCUT2D eigenvalue weighted by Crippen LogP contribution is 2.43. The van der Waals surface area contributed by atoms with Gasteiger partial charge in [0.05, 0.1) is 7.11 Å². The molecule has 1 fully saturated rings. The lowest BCUT2D eigenvalue weighted by Gasteiger charge is -2.04. The van der Waals surface area contributed by atoms with Gasteiger partial charge < -0.3 is 9.15 Å². The van der Waals surface area contributed by atoms with Crippen LogP contribution in [0.1, 0.15) is 24.7 Å². The third-order valence-corrected chi connectivity index (χ3v) is 3.75. The first-order valence-corrected chi connectivity index (χ1v) is 6.89. The lowest BCUT2D eigenvalue weighted by atomic mass is 10.0. The van der Waals surface area contributed by atoms with Crippen LogP contribution in [-0.4, -0.2) is 12.1 Å². The summed E-state index contributed by atoms with van der Waals surface area (Å²) < 4.78 is 11.4. The van der Waals surface area contributed by atoms with E-state index in [0.717, 1.165) is 33.9 Å². The number of oxazole rings is 1. The fourth-order valence-corrected chi connectivity index (χ4v) is 2.51. The molecule has 0 atom stereocenters. The van der Waals surface area contributed by atoms with Crippen LogP contribution in [0.3, 0.4) is 0 Å². The van der Waals surface area contributed by atoms with Crippen LogP contribution >= 0.6 is 0 Å². The molecule has 2 aromatic carbocycles. The van der Waals surface area contributed by atoms with E-state index in [0.29, 0.717) is 5.92 Å². The third kappa shape index (κ3) is 1.78. The first-order chi connectivity index (χ1) is 9.86. The molecule has 1 saturated carbocycles. The van der Waals surface area contributed by atoms with E-state index in [1.165, 1.54) is 12.8 Å². The van der Waals surface area contributed by atoms with E-state index in [1.54, 1.807) is 7.11 Å². The minimum atomic E-state index is 0.496. The summed E-state index contributed by atoms with van der Waals surface area (Å²) in [5, 5.41) is 0. The maximum atomic E-state index is 6.03. The SMILES string of the molecule is COc1ccc(-c2ccccc2)c2oc(C3CC3)nc12. The molecule has 1 aliphatic rings. The third-order valence-electron chi connectivity index (χ3n) is 3.75. The fourth-order valence-electron chi connectivity index (χ4n) is 2.51. The Bertz CT molecular complexity index is 757. The number of benzene rings is 2. The Morgan fingerprint density at radius 1 is 1.10 bits per heavy atom. The van der Waals surface area contributed by atoms with E-state index in [2.05, 4.69) is 17.1 Å². The zero-order valence-corrected chi connectivity index (χ0v) is 11.3. The second-order valence-electron chi connectivity index (χ2n) is 5.19. The smallest absolute Gasteiger partial charge is 0.198 e. The number of hydrogen-bond donors (Lipinski definition) is 0. The van der Waals surface area contributed by atoms with E-state index < -0.39 is 0 Å². The van der Waals surface area contributed by atoms with Gasteiger partial charge in [0, 0.05) is 11.5 Å². The lowest BCUT2D eigenvalue weighted by Crippen LogP contribution is -1.86. The highest BCUT2D eigenvalue weighted by Gasteiger charge is 2.30. The van der Waals surface area contributed by atoms with Crippen LogP contribution in [0.5, 0.6) is 5.75 Å². The maximum Gasteiger partial charge on any atom is 0.198 e. The summed E-state index contributed by atoms with van der Waals surface area (Å²) in [6.07, 6.45) is 2.35. The summed E-state index contributed by atoms with van der Waals surface area (Å²) in [4.78, 5) is 4.64. The topological polar surface area (TPSA) is 35.3 Å². The van der Waals surface area contributed by atoms with Crippen molar-refractivity contribution in [3.8, 4) is 16.9 Å². The van der Waals surface area contributed by atoms with Crippen LogP contribution in [0.25, 0.3) is 22.2 Å². The van der Waals surface area contributed by atoms with Crippen molar-refractivity contribution in [3.63, 3.8) is 0 Å². The number of methoxy groups -OCH3 is 1. The Morgan fingerprint density at radius 3 is 2.60 bits per heavy atom. The molecular weight excluding hydrogens is 250 g/mol. The normalized spacial score (nSPS) is 14.7. The molecule has 4 rings (SSSR count). The van der Waals surface area contributed by atoms with Gasteiger partial charge in [-0.15, -0.1) is 0 Å². The largest absolute Gasteiger partial charge is 0.494 e. The molecule has 0 radical (unpaired) electrons. The first kappa shape index (κ1) is 11.5. The van der Waals surface area contributed by atoms with Crippen molar-refractivity contribution in [1.29, 1.82) is 0 Å². The molecule has 0 N–H and O–H groups in total. The van der Waals surface area contributed by atoms with Crippen molar-refractivity contribution in [3.05, 3.63) is 48.4 Å². The predicted octanol–water partition coefficient (Wildman–Crippen LogP) is 4.38. The van der Waals surface area contributed by atoms with Gasteiger partial charge in [-0.25, -0.2) is 4.98 Å². The molecular formula is C17H15NO2. The number of nitrogens with zero attached hydrogens (tertiary/aromatic N) is 1. The molecule has 3 aromatic rings. The molecule has 0 amide bonds. The van der Waals surface area contributed by atoms with Crippen LogP contribution in [0.2, 0.25) is 0 Å². The molecule has 100 valence electrons. The van der Waals surface area contributed by atoms with Crippen molar-refractivity contribution in [1.82, 2.24) is 4.98 Å². The number of ether oxygens (including phenoxy) is 1. The van der Waals surface area contributed by atoms with Crippen LogP contribution in [0.4, 0.5) is 0 Å². The summed E-state index contributed by atoms with van der Waals surface area (Å²) in [7, 11) is 1.67. The number of aromatic nitrogens is 1. The minimum Gasteiger partial charge on any atom is -0.494 e. The number of rotatable bonds is 3. The van der Waals surface area contributed by atoms with Gasteiger partial charge in [-0.1, -0.05) is 30.3 Å². The molecule has 1 aromatic heterocycles. The van der Waals surface area contributed by atoms with Gasteiger partial charge in [0.15, 0.2) is 17.0 Å². The van der Waals surface area contributed by atoms with Gasteiger partial charge in [-0.05, 0) is 30.5 Å². The van der Waals surface area contributed by atoms with E-state index in [4.69, 9.17) is 9.15 Å². The Kier molecular flexibility index (Phi) is 2.52. The van der Waals surface area contributed by atoms with Crippen molar-refractivity contribution in [2.45, 2.75) is 18.8 Å². The summed E-state index contributed by atoms with van der Waals surface area (Å²) in [6.45, 7) is 0. The maximum absolute atomic E-state index is 6.03. The molecule has 1 aliphatic carbocycles. The van der Waals surface area contributed by atoms with Crippen LogP contribution in [0.15, 0.2) is 46.9 Å². The van der Waals surface area contributed by atoms with Gasteiger partial charge in [-0.2, -0.15) is 0 Å². The van der Waals surface area contributed by atoms with Crippen molar-refractivity contribution in [2.75, 3.05) is 7.11 Å². The van der Waals surface area contributed by atoms with E-state index >= 15 is 0 Å². The number of hydrogen-bond acceptors (Lipinski definition) is 3. The molecule has 1 heterocycles. The highest BCUT2D eigenvalue weighted by molar-refractivity contribution is 5.94. The Morgan fingerprint density at radius 2 is 1.90 bits per heavy atom. The van der Waals surface area contributed by atoms with Crippen LogP contribution in [-0.2, 0) is 0 Å². The van der Waals surface area contributed by atoms with Crippen molar-refractivity contribution < 1.29 is 9.15 Å². The van der Waals surface area contributed by atoms with Gasteiger partial charge in [0.1, 0.15) is 5.75 Å². The van der Waals surface area contributed by atoms with E-state index in [9.17, 15) is 0 Å². The Hall–Kier alpha value is -2.29. The summed E-state index contributed by atoms with van der Waals surface area (Å²) in [5.74, 6) is 2.12. The van der Waals surface area contributed by atoms with Gasteiger partial charge in [-0.3, -0.25) is 0 Å². The van der Waals surface area contributed by atoms with Gasteiger partial charge in [0.25, 0.3) is 0 Å². The summed E-state index contributed by atoms with van der Waals surface area (Å²) in [6, 6.07) is 14.2. The second-order valence-corrected chi connectivity index (χ2v) is 5.19. The fraction of sp³-hybridized carbons (Fsp3) is 0.235. The Balaban J connectivity index is 1.97. The lowest BCUT2D eigenvalue weighted by molar-refractivity contribution is 0.419. The summed E-state index contributed by atoms with van der Waals surface area (Å²) >= 11 is 0. The molecule has 0 bridgehead atoms. The van der Waals surface area contributed by atoms with E-state index in [1.807, 2.05) is 30.3 Å². The molecule has 3 nitrogen and oxygen atoms in total. The van der Waals surface area contributed by atoms with Crippen LogP contribution < -0.4 is 4.74 Å². The average molecular weight is 265 g/mol. The molecule has 0 saturated heterocycles. The van der Waals surface area contributed by atoms with E-state index in [-0.39, 0.29) is 0 Å². The zero-order valence-electron chi connectivity index (χ0n) is 11.3. The molecule has 0 unspecified atom stereocenters. The molecule has 3 heteroatoms. The summed E-state index contributed by atoms with van der Waals surface area (Å²) in [5.41, 5.74) is 3.87. The average Bonchev–Trinajstić information content (AvgIpc) is 3.26. The van der Waals surface area contributed by atoms with Gasteiger partial charge in [0.2, 0.25) is 0 Å². The zero-order chi connectivity index (χ0) is 13.5. The standard InChI is InChI=1S/C17H15NO2/c1-19-14-10-9-13(11-5-3-2-4-6-11)16-15(14)18-17(20-16)12-7-8-12/h2-6,9-10,12H,7-8H2,1H3. The number of fused-ring (bicyclic) bond motifs is 1. The van der Waals surface area contributed by atoms with Crippen LogP contribution in [0, 0.1) is 0 Å². The van der Waals surface area contributed by atoms with Gasteiger partial charge >= 0.3 is 0 Å². The van der Waals surface area contributed by atoms with Crippen molar-refractivity contribution >= 4 is 11.1 Å². The first-order valence-electron chi connectivity index (χ1n) is 6.89. The highest BCUT2D eigenvalue weighted by atomic mass is 16.5. The molecule has 0 aliphatic heterocycles. The monoisotopic (exact) mass is 265 g/mol. The molecule has 0 spiro atoms. The quantitative estimate of drug-likeness (QED) is 0.705. The Labute approximate surface area is 117 Å². The van der Waals surface area contributed by atoms with Crippen molar-refractivity contribution in [2.24, 2.45) is 0 Å².